The standard InChI is InChI=1S/C18H23N3O/c1-13(2)20-17-10-9-16(12-19-17)21-18(22)11-8-15-6-4-14(3)5-7-15/h4-7,9-10,12-13H,8,11H2,1-3H3,(H,19,20)(H,21,22). The molecule has 0 bridgehead atoms. The van der Waals surface area contributed by atoms with Crippen LogP contribution in [-0.4, -0.2) is 16.9 Å². The van der Waals surface area contributed by atoms with Crippen molar-refractivity contribution in [3.63, 3.8) is 0 Å². The number of pyridine rings is 1. The third-order valence-corrected chi connectivity index (χ3v) is 3.25. The molecule has 1 aromatic carbocycles. The van der Waals surface area contributed by atoms with Crippen molar-refractivity contribution in [3.05, 3.63) is 53.7 Å². The predicted molar refractivity (Wildman–Crippen MR) is 91.1 cm³/mol. The SMILES string of the molecule is Cc1ccc(CCC(=O)Nc2ccc(NC(C)C)nc2)cc1. The molecule has 0 unspecified atom stereocenters. The van der Waals surface area contributed by atoms with Gasteiger partial charge in [-0.3, -0.25) is 4.79 Å². The maximum absolute atomic E-state index is 12.0. The van der Waals surface area contributed by atoms with Crippen LogP contribution in [0.5, 0.6) is 0 Å². The number of nitrogens with zero attached hydrogens (tertiary/aromatic N) is 1. The Morgan fingerprint density at radius 1 is 1.14 bits per heavy atom. The minimum absolute atomic E-state index is 0.00643. The zero-order valence-corrected chi connectivity index (χ0v) is 13.4. The number of benzene rings is 1. The normalized spacial score (nSPS) is 10.5. The molecule has 0 fully saturated rings. The van der Waals surface area contributed by atoms with E-state index in [-0.39, 0.29) is 5.91 Å². The van der Waals surface area contributed by atoms with Gasteiger partial charge in [-0.05, 0) is 44.9 Å². The van der Waals surface area contributed by atoms with E-state index in [1.165, 1.54) is 11.1 Å². The Morgan fingerprint density at radius 3 is 2.45 bits per heavy atom. The summed E-state index contributed by atoms with van der Waals surface area (Å²) in [6.45, 7) is 6.17. The third kappa shape index (κ3) is 5.20. The summed E-state index contributed by atoms with van der Waals surface area (Å²) >= 11 is 0. The van der Waals surface area contributed by atoms with Crippen LogP contribution in [0, 0.1) is 6.92 Å². The first kappa shape index (κ1) is 16.0. The molecule has 2 aromatic rings. The number of amides is 1. The van der Waals surface area contributed by atoms with Gasteiger partial charge in [-0.2, -0.15) is 0 Å². The molecule has 0 atom stereocenters. The molecular formula is C18H23N3O. The van der Waals surface area contributed by atoms with Crippen LogP contribution < -0.4 is 10.6 Å². The molecule has 0 spiro atoms. The Labute approximate surface area is 132 Å². The number of hydrogen-bond acceptors (Lipinski definition) is 3. The van der Waals surface area contributed by atoms with Crippen molar-refractivity contribution in [2.24, 2.45) is 0 Å². The Balaban J connectivity index is 1.82. The Hall–Kier alpha value is -2.36. The van der Waals surface area contributed by atoms with Gasteiger partial charge in [0.05, 0.1) is 11.9 Å². The van der Waals surface area contributed by atoms with Gasteiger partial charge in [-0.15, -0.1) is 0 Å². The van der Waals surface area contributed by atoms with Gasteiger partial charge in [-0.25, -0.2) is 4.98 Å². The molecule has 22 heavy (non-hydrogen) atoms. The molecule has 4 nitrogen and oxygen atoms in total. The molecule has 0 aliphatic carbocycles. The quantitative estimate of drug-likeness (QED) is 0.853. The van der Waals surface area contributed by atoms with Crippen molar-refractivity contribution in [1.82, 2.24) is 4.98 Å². The molecule has 0 saturated carbocycles. The van der Waals surface area contributed by atoms with Crippen molar-refractivity contribution >= 4 is 17.4 Å². The van der Waals surface area contributed by atoms with Crippen molar-refractivity contribution in [2.75, 3.05) is 10.6 Å². The van der Waals surface area contributed by atoms with Crippen molar-refractivity contribution in [2.45, 2.75) is 39.7 Å². The fraction of sp³-hybridized carbons (Fsp3) is 0.333. The number of anilines is 2. The lowest BCUT2D eigenvalue weighted by Gasteiger charge is -2.10. The molecule has 116 valence electrons. The monoisotopic (exact) mass is 297 g/mol. The molecule has 1 aromatic heterocycles. The maximum atomic E-state index is 12.0. The van der Waals surface area contributed by atoms with E-state index in [2.05, 4.69) is 60.7 Å². The minimum atomic E-state index is 0.00643. The lowest BCUT2D eigenvalue weighted by atomic mass is 10.1. The Morgan fingerprint density at radius 2 is 1.86 bits per heavy atom. The van der Waals surface area contributed by atoms with Gasteiger partial charge < -0.3 is 10.6 Å². The maximum Gasteiger partial charge on any atom is 0.224 e. The average molecular weight is 297 g/mol. The average Bonchev–Trinajstić information content (AvgIpc) is 2.48. The van der Waals surface area contributed by atoms with Gasteiger partial charge in [0.15, 0.2) is 0 Å². The van der Waals surface area contributed by atoms with Gasteiger partial charge in [0.2, 0.25) is 5.91 Å². The lowest BCUT2D eigenvalue weighted by Crippen LogP contribution is -2.13. The molecule has 4 heteroatoms. The van der Waals surface area contributed by atoms with Gasteiger partial charge in [0.1, 0.15) is 5.82 Å². The van der Waals surface area contributed by atoms with E-state index in [1.54, 1.807) is 6.20 Å². The number of hydrogen-bond donors (Lipinski definition) is 2. The van der Waals surface area contributed by atoms with Crippen LogP contribution >= 0.6 is 0 Å². The largest absolute Gasteiger partial charge is 0.368 e. The van der Waals surface area contributed by atoms with Gasteiger partial charge in [0, 0.05) is 12.5 Å². The van der Waals surface area contributed by atoms with Crippen LogP contribution in [0.1, 0.15) is 31.4 Å². The molecular weight excluding hydrogens is 274 g/mol. The fourth-order valence-electron chi connectivity index (χ4n) is 2.09. The molecule has 0 aliphatic heterocycles. The van der Waals surface area contributed by atoms with Gasteiger partial charge in [-0.1, -0.05) is 29.8 Å². The zero-order valence-electron chi connectivity index (χ0n) is 13.4. The van der Waals surface area contributed by atoms with E-state index >= 15 is 0 Å². The second-order valence-corrected chi connectivity index (χ2v) is 5.76. The van der Waals surface area contributed by atoms with Crippen molar-refractivity contribution in [1.29, 1.82) is 0 Å². The fourth-order valence-corrected chi connectivity index (χ4v) is 2.09. The summed E-state index contributed by atoms with van der Waals surface area (Å²) in [4.78, 5) is 16.2. The molecule has 0 saturated heterocycles. The molecule has 0 aliphatic rings. The summed E-state index contributed by atoms with van der Waals surface area (Å²) < 4.78 is 0. The second kappa shape index (κ2) is 7.59. The van der Waals surface area contributed by atoms with Gasteiger partial charge in [0.25, 0.3) is 0 Å². The van der Waals surface area contributed by atoms with Crippen LogP contribution in [-0.2, 0) is 11.2 Å². The Kier molecular flexibility index (Phi) is 5.53. The van der Waals surface area contributed by atoms with E-state index in [0.717, 1.165) is 17.9 Å². The Bertz CT molecular complexity index is 603. The predicted octanol–water partition coefficient (Wildman–Crippen LogP) is 3.78. The highest BCUT2D eigenvalue weighted by atomic mass is 16.1. The number of nitrogens with one attached hydrogen (secondary N) is 2. The third-order valence-electron chi connectivity index (χ3n) is 3.25. The van der Waals surface area contributed by atoms with E-state index in [0.29, 0.717) is 12.5 Å². The summed E-state index contributed by atoms with van der Waals surface area (Å²) in [7, 11) is 0. The van der Waals surface area contributed by atoms with Crippen molar-refractivity contribution in [3.8, 4) is 0 Å². The molecule has 1 heterocycles. The van der Waals surface area contributed by atoms with E-state index < -0.39 is 0 Å². The van der Waals surface area contributed by atoms with E-state index in [9.17, 15) is 4.79 Å². The molecule has 2 N–H and O–H groups in total. The van der Waals surface area contributed by atoms with Crippen LogP contribution in [0.25, 0.3) is 0 Å². The molecule has 0 radical (unpaired) electrons. The van der Waals surface area contributed by atoms with Crippen LogP contribution in [0.2, 0.25) is 0 Å². The smallest absolute Gasteiger partial charge is 0.224 e. The first-order valence-electron chi connectivity index (χ1n) is 7.61. The van der Waals surface area contributed by atoms with Crippen LogP contribution in [0.15, 0.2) is 42.6 Å². The highest BCUT2D eigenvalue weighted by Crippen LogP contribution is 2.12. The molecule has 2 rings (SSSR count). The minimum Gasteiger partial charge on any atom is -0.368 e. The molecule has 1 amide bonds. The lowest BCUT2D eigenvalue weighted by molar-refractivity contribution is -0.116. The summed E-state index contributed by atoms with van der Waals surface area (Å²) in [6.07, 6.45) is 2.88. The topological polar surface area (TPSA) is 54.0 Å². The summed E-state index contributed by atoms with van der Waals surface area (Å²) in [5.74, 6) is 0.819. The van der Waals surface area contributed by atoms with E-state index in [1.807, 2.05) is 12.1 Å². The van der Waals surface area contributed by atoms with Crippen LogP contribution in [0.3, 0.4) is 0 Å². The highest BCUT2D eigenvalue weighted by Gasteiger charge is 2.04. The number of carbonyl (C=O) groups is 1. The summed E-state index contributed by atoms with van der Waals surface area (Å²) in [6, 6.07) is 12.3. The zero-order chi connectivity index (χ0) is 15.9. The van der Waals surface area contributed by atoms with E-state index in [4.69, 9.17) is 0 Å². The number of aryl methyl sites for hydroxylation is 2. The van der Waals surface area contributed by atoms with Gasteiger partial charge >= 0.3 is 0 Å². The second-order valence-electron chi connectivity index (χ2n) is 5.76. The number of rotatable bonds is 6. The number of carbonyl (C=O) groups excluding carboxylic acids is 1. The van der Waals surface area contributed by atoms with Crippen molar-refractivity contribution < 1.29 is 4.79 Å². The summed E-state index contributed by atoms with van der Waals surface area (Å²) in [5, 5.41) is 6.09. The number of aromatic nitrogens is 1. The first-order valence-corrected chi connectivity index (χ1v) is 7.61. The summed E-state index contributed by atoms with van der Waals surface area (Å²) in [5.41, 5.74) is 3.13. The first-order chi connectivity index (χ1) is 10.5. The highest BCUT2D eigenvalue weighted by molar-refractivity contribution is 5.90. The van der Waals surface area contributed by atoms with Crippen LogP contribution in [0.4, 0.5) is 11.5 Å².